The zero-order valence-electron chi connectivity index (χ0n) is 22.5. The molecule has 1 aliphatic carbocycles. The van der Waals surface area contributed by atoms with Gasteiger partial charge in [0.1, 0.15) is 11.6 Å². The van der Waals surface area contributed by atoms with Crippen molar-refractivity contribution in [3.63, 3.8) is 0 Å². The second kappa shape index (κ2) is 14.3. The first-order valence-electron chi connectivity index (χ1n) is 13.0. The van der Waals surface area contributed by atoms with E-state index in [-0.39, 0.29) is 41.0 Å². The van der Waals surface area contributed by atoms with E-state index in [0.29, 0.717) is 38.5 Å². The van der Waals surface area contributed by atoms with Crippen molar-refractivity contribution in [1.29, 1.82) is 0 Å². The summed E-state index contributed by atoms with van der Waals surface area (Å²) in [7, 11) is -0.754. The molecule has 1 fully saturated rings. The maximum Gasteiger partial charge on any atom is 0.305 e. The van der Waals surface area contributed by atoms with Gasteiger partial charge in [-0.05, 0) is 37.4 Å². The average Bonchev–Trinajstić information content (AvgIpc) is 3.02. The summed E-state index contributed by atoms with van der Waals surface area (Å²) in [6, 6.07) is 0. The molecule has 1 N–H and O–H groups in total. The first kappa shape index (κ1) is 30.7. The van der Waals surface area contributed by atoms with E-state index >= 15 is 0 Å². The summed E-state index contributed by atoms with van der Waals surface area (Å²) in [6.07, 6.45) is 9.13. The van der Waals surface area contributed by atoms with Crippen LogP contribution in [0.5, 0.6) is 0 Å². The minimum atomic E-state index is -2.11. The van der Waals surface area contributed by atoms with Crippen molar-refractivity contribution in [1.82, 2.24) is 0 Å². The van der Waals surface area contributed by atoms with E-state index in [0.717, 1.165) is 19.3 Å². The molecular formula is C27H48O6Si. The molecule has 0 aromatic carbocycles. The van der Waals surface area contributed by atoms with Gasteiger partial charge in [0.2, 0.25) is 0 Å². The third kappa shape index (κ3) is 10.1. The first-order valence-corrected chi connectivity index (χ1v) is 15.9. The molecule has 2 unspecified atom stereocenters. The second-order valence-corrected chi connectivity index (χ2v) is 16.0. The Morgan fingerprint density at radius 3 is 2.38 bits per heavy atom. The number of ketones is 2. The third-order valence-corrected chi connectivity index (χ3v) is 11.9. The van der Waals surface area contributed by atoms with Crippen molar-refractivity contribution in [2.75, 3.05) is 7.11 Å². The molecule has 34 heavy (non-hydrogen) atoms. The SMILES string of the molecule is CCCCCC(O)C=C[C@H]1C(O[Si](C)(C)C(C)(C)C)CC(=O)[C@@H]1CC(=O)CCCCC(=O)OC. The molecule has 0 saturated heterocycles. The number of methoxy groups -OCH3 is 1. The number of rotatable bonds is 15. The highest BCUT2D eigenvalue weighted by atomic mass is 28.4. The Bertz CT molecular complexity index is 694. The number of hydrogen-bond donors (Lipinski definition) is 1. The van der Waals surface area contributed by atoms with Gasteiger partial charge in [0.15, 0.2) is 8.32 Å². The normalized spacial score (nSPS) is 22.4. The topological polar surface area (TPSA) is 89.9 Å². The molecule has 0 heterocycles. The summed E-state index contributed by atoms with van der Waals surface area (Å²) in [5.41, 5.74) is 0. The molecule has 0 spiro atoms. The molecule has 0 aliphatic heterocycles. The molecule has 0 radical (unpaired) electrons. The number of esters is 1. The van der Waals surface area contributed by atoms with Gasteiger partial charge in [-0.1, -0.05) is 59.1 Å². The Balaban J connectivity index is 2.91. The number of carbonyl (C=O) groups excluding carboxylic acids is 3. The number of ether oxygens (including phenoxy) is 1. The van der Waals surface area contributed by atoms with Crippen LogP contribution in [0.15, 0.2) is 12.2 Å². The number of Topliss-reactive ketones (excluding diaryl/α,β-unsaturated/α-hetero) is 2. The highest BCUT2D eigenvalue weighted by Gasteiger charge is 2.47. The number of aliphatic hydroxyl groups excluding tert-OH is 1. The molecule has 1 aliphatic rings. The molecule has 7 heteroatoms. The average molecular weight is 497 g/mol. The summed E-state index contributed by atoms with van der Waals surface area (Å²) in [5, 5.41) is 10.4. The Morgan fingerprint density at radius 1 is 1.15 bits per heavy atom. The van der Waals surface area contributed by atoms with Crippen molar-refractivity contribution in [2.45, 2.75) is 122 Å². The fraction of sp³-hybridized carbons (Fsp3) is 0.815. The lowest BCUT2D eigenvalue weighted by Crippen LogP contribution is -2.45. The number of unbranched alkanes of at least 4 members (excludes halogenated alkanes) is 3. The van der Waals surface area contributed by atoms with Crippen LogP contribution in [0, 0.1) is 11.8 Å². The van der Waals surface area contributed by atoms with Crippen molar-refractivity contribution < 1.29 is 28.7 Å². The summed E-state index contributed by atoms with van der Waals surface area (Å²) in [6.45, 7) is 13.0. The van der Waals surface area contributed by atoms with Gasteiger partial charge in [-0.2, -0.15) is 0 Å². The van der Waals surface area contributed by atoms with Gasteiger partial charge < -0.3 is 14.3 Å². The Hall–Kier alpha value is -1.31. The third-order valence-electron chi connectivity index (χ3n) is 7.38. The number of aliphatic hydroxyl groups is 1. The highest BCUT2D eigenvalue weighted by molar-refractivity contribution is 6.74. The van der Waals surface area contributed by atoms with Gasteiger partial charge in [-0.15, -0.1) is 0 Å². The molecule has 0 aromatic rings. The standard InChI is InChI=1S/C27H48O6Si/c1-8-9-10-13-20(28)16-17-22-23(18-21(29)14-11-12-15-26(31)32-5)24(30)19-25(22)33-34(6,7)27(2,3)4/h16-17,20,22-23,25,28H,8-15,18-19H2,1-7H3/t20?,22-,23-,25?/m1/s1. The highest BCUT2D eigenvalue weighted by Crippen LogP contribution is 2.43. The fourth-order valence-electron chi connectivity index (χ4n) is 4.14. The van der Waals surface area contributed by atoms with Gasteiger partial charge in [-0.3, -0.25) is 14.4 Å². The Labute approximate surface area is 208 Å². The largest absolute Gasteiger partial charge is 0.469 e. The molecule has 0 aromatic heterocycles. The summed E-state index contributed by atoms with van der Waals surface area (Å²) in [4.78, 5) is 37.0. The van der Waals surface area contributed by atoms with Crippen molar-refractivity contribution in [2.24, 2.45) is 11.8 Å². The lowest BCUT2D eigenvalue weighted by Gasteiger charge is -2.39. The Kier molecular flexibility index (Phi) is 12.9. The van der Waals surface area contributed by atoms with Crippen molar-refractivity contribution in [3.05, 3.63) is 12.2 Å². The van der Waals surface area contributed by atoms with Crippen LogP contribution < -0.4 is 0 Å². The van der Waals surface area contributed by atoms with E-state index in [4.69, 9.17) is 4.43 Å². The second-order valence-electron chi connectivity index (χ2n) is 11.2. The maximum atomic E-state index is 13.0. The maximum absolute atomic E-state index is 13.0. The monoisotopic (exact) mass is 496 g/mol. The van der Waals surface area contributed by atoms with E-state index in [1.165, 1.54) is 7.11 Å². The zero-order valence-corrected chi connectivity index (χ0v) is 23.5. The summed E-state index contributed by atoms with van der Waals surface area (Å²) >= 11 is 0. The van der Waals surface area contributed by atoms with E-state index in [9.17, 15) is 19.5 Å². The van der Waals surface area contributed by atoms with E-state index in [1.807, 2.05) is 6.08 Å². The first-order chi connectivity index (χ1) is 15.8. The molecular weight excluding hydrogens is 448 g/mol. The molecule has 6 nitrogen and oxygen atoms in total. The van der Waals surface area contributed by atoms with Crippen LogP contribution in [0.25, 0.3) is 0 Å². The molecule has 196 valence electrons. The predicted octanol–water partition coefficient (Wildman–Crippen LogP) is 5.77. The number of carbonyl (C=O) groups is 3. The van der Waals surface area contributed by atoms with Crippen LogP contribution >= 0.6 is 0 Å². The van der Waals surface area contributed by atoms with Gasteiger partial charge in [-0.25, -0.2) is 0 Å². The summed E-state index contributed by atoms with van der Waals surface area (Å²) in [5.74, 6) is -0.782. The minimum Gasteiger partial charge on any atom is -0.469 e. The smallest absolute Gasteiger partial charge is 0.305 e. The molecule has 0 amide bonds. The van der Waals surface area contributed by atoms with E-state index < -0.39 is 20.3 Å². The van der Waals surface area contributed by atoms with E-state index in [2.05, 4.69) is 45.5 Å². The van der Waals surface area contributed by atoms with Gasteiger partial charge >= 0.3 is 5.97 Å². The summed E-state index contributed by atoms with van der Waals surface area (Å²) < 4.78 is 11.3. The van der Waals surface area contributed by atoms with Crippen LogP contribution in [-0.2, 0) is 23.5 Å². The van der Waals surface area contributed by atoms with Crippen LogP contribution in [0.2, 0.25) is 18.1 Å². The van der Waals surface area contributed by atoms with Crippen LogP contribution in [0.1, 0.15) is 91.9 Å². The van der Waals surface area contributed by atoms with Crippen molar-refractivity contribution in [3.8, 4) is 0 Å². The predicted molar refractivity (Wildman–Crippen MR) is 138 cm³/mol. The zero-order chi connectivity index (χ0) is 25.9. The lowest BCUT2D eigenvalue weighted by atomic mass is 9.88. The van der Waals surface area contributed by atoms with Crippen LogP contribution in [-0.4, -0.2) is 50.3 Å². The van der Waals surface area contributed by atoms with E-state index in [1.54, 1.807) is 6.08 Å². The van der Waals surface area contributed by atoms with Gasteiger partial charge in [0, 0.05) is 37.5 Å². The van der Waals surface area contributed by atoms with Crippen LogP contribution in [0.3, 0.4) is 0 Å². The fourth-order valence-corrected chi connectivity index (χ4v) is 5.49. The lowest BCUT2D eigenvalue weighted by molar-refractivity contribution is -0.140. The molecule has 4 atom stereocenters. The quantitative estimate of drug-likeness (QED) is 0.134. The Morgan fingerprint density at radius 2 is 1.79 bits per heavy atom. The number of hydrogen-bond acceptors (Lipinski definition) is 6. The molecule has 1 rings (SSSR count). The van der Waals surface area contributed by atoms with Crippen molar-refractivity contribution >= 4 is 25.9 Å². The minimum absolute atomic E-state index is 0.0114. The molecule has 0 bridgehead atoms. The van der Waals surface area contributed by atoms with Gasteiger partial charge in [0.25, 0.3) is 0 Å². The van der Waals surface area contributed by atoms with Gasteiger partial charge in [0.05, 0.1) is 19.3 Å². The molecule has 1 saturated carbocycles. The van der Waals surface area contributed by atoms with Crippen LogP contribution in [0.4, 0.5) is 0 Å².